The number of nitrogens with zero attached hydrogens (tertiary/aromatic N) is 1. The van der Waals surface area contributed by atoms with Crippen molar-refractivity contribution in [1.29, 1.82) is 0 Å². The summed E-state index contributed by atoms with van der Waals surface area (Å²) in [7, 11) is 0. The van der Waals surface area contributed by atoms with Crippen molar-refractivity contribution in [3.05, 3.63) is 28.2 Å². The smallest absolute Gasteiger partial charge is 0.0718 e. The molecule has 2 rings (SSSR count). The molecule has 0 amide bonds. The zero-order valence-electron chi connectivity index (χ0n) is 4.63. The predicted molar refractivity (Wildman–Crippen MR) is 41.4 cm³/mol. The second kappa shape index (κ2) is 1.67. The number of hydrogen-bond donors (Lipinski definition) is 0. The van der Waals surface area contributed by atoms with Gasteiger partial charge in [0.15, 0.2) is 0 Å². The fourth-order valence-corrected chi connectivity index (χ4v) is 1.20. The zero-order valence-corrected chi connectivity index (χ0v) is 6.22. The Hall–Kier alpha value is -0.630. The Labute approximate surface area is 61.6 Å². The molecule has 2 heteroatoms. The Morgan fingerprint density at radius 1 is 1.33 bits per heavy atom. The first kappa shape index (κ1) is 5.18. The zero-order chi connectivity index (χ0) is 6.27. The third kappa shape index (κ3) is 0.704. The molecule has 0 aliphatic carbocycles. The maximum atomic E-state index is 4.03. The monoisotopic (exact) mass is 181 g/mol. The van der Waals surface area contributed by atoms with Gasteiger partial charge in [0.05, 0.1) is 5.69 Å². The molecule has 0 fully saturated rings. The summed E-state index contributed by atoms with van der Waals surface area (Å²) in [6.07, 6.45) is 1.86. The maximum absolute atomic E-state index is 4.03. The Morgan fingerprint density at radius 2 is 2.22 bits per heavy atom. The van der Waals surface area contributed by atoms with Gasteiger partial charge in [-0.1, -0.05) is 15.9 Å². The molecule has 1 nitrogen and oxygen atoms in total. The fourth-order valence-electron chi connectivity index (χ4n) is 0.819. The highest BCUT2D eigenvalue weighted by atomic mass is 79.9. The fraction of sp³-hybridized carbons (Fsp3) is 0. The van der Waals surface area contributed by atoms with Gasteiger partial charge < -0.3 is 0 Å². The van der Waals surface area contributed by atoms with Crippen LogP contribution in [-0.2, 0) is 0 Å². The highest BCUT2D eigenvalue weighted by Gasteiger charge is 2.04. The standard InChI is InChI=1S/C7H4BrN/c8-6-1-2-7-5(3-6)4-9-7/h1-4H. The van der Waals surface area contributed by atoms with Gasteiger partial charge in [0.25, 0.3) is 0 Å². The number of fused-ring (bicyclic) bond motifs is 1. The first-order chi connectivity index (χ1) is 4.36. The molecule has 1 aliphatic rings. The summed E-state index contributed by atoms with van der Waals surface area (Å²) >= 11 is 3.37. The van der Waals surface area contributed by atoms with E-state index in [1.165, 1.54) is 5.56 Å². The second-order valence-electron chi connectivity index (χ2n) is 1.96. The quantitative estimate of drug-likeness (QED) is 0.593. The van der Waals surface area contributed by atoms with E-state index >= 15 is 0 Å². The van der Waals surface area contributed by atoms with Crippen molar-refractivity contribution in [3.63, 3.8) is 0 Å². The molecule has 0 saturated carbocycles. The molecule has 9 heavy (non-hydrogen) atoms. The van der Waals surface area contributed by atoms with Gasteiger partial charge in [0.1, 0.15) is 0 Å². The van der Waals surface area contributed by atoms with Crippen molar-refractivity contribution < 1.29 is 0 Å². The number of benzene rings is 1. The Morgan fingerprint density at radius 3 is 2.67 bits per heavy atom. The van der Waals surface area contributed by atoms with Crippen LogP contribution in [-0.4, -0.2) is 6.21 Å². The summed E-state index contributed by atoms with van der Waals surface area (Å²) in [6, 6.07) is 6.05. The molecule has 0 bridgehead atoms. The molecule has 44 valence electrons. The lowest BCUT2D eigenvalue weighted by molar-refractivity contribution is 1.43. The summed E-state index contributed by atoms with van der Waals surface area (Å²) in [5, 5.41) is 0. The molecule has 0 unspecified atom stereocenters. The minimum atomic E-state index is 1.10. The lowest BCUT2D eigenvalue weighted by atomic mass is 10.1. The first-order valence-corrected chi connectivity index (χ1v) is 3.49. The van der Waals surface area contributed by atoms with E-state index in [9.17, 15) is 0 Å². The van der Waals surface area contributed by atoms with E-state index in [1.807, 2.05) is 18.3 Å². The first-order valence-electron chi connectivity index (χ1n) is 2.70. The van der Waals surface area contributed by atoms with Gasteiger partial charge >= 0.3 is 0 Å². The van der Waals surface area contributed by atoms with Crippen molar-refractivity contribution in [1.82, 2.24) is 0 Å². The molecular formula is C7H4BrN. The summed E-state index contributed by atoms with van der Waals surface area (Å²) in [5.41, 5.74) is 2.32. The third-order valence-corrected chi connectivity index (χ3v) is 1.83. The molecular weight excluding hydrogens is 178 g/mol. The Kier molecular flexibility index (Phi) is 0.963. The van der Waals surface area contributed by atoms with Gasteiger partial charge in [0, 0.05) is 16.3 Å². The SMILES string of the molecule is Brc1ccc2c(c1)C=N2. The van der Waals surface area contributed by atoms with E-state index in [-0.39, 0.29) is 0 Å². The van der Waals surface area contributed by atoms with Crippen molar-refractivity contribution >= 4 is 27.8 Å². The highest BCUT2D eigenvalue weighted by molar-refractivity contribution is 9.10. The number of aliphatic imine (C=N–C) groups is 1. The van der Waals surface area contributed by atoms with Crippen LogP contribution in [0, 0.1) is 0 Å². The van der Waals surface area contributed by atoms with Crippen LogP contribution >= 0.6 is 15.9 Å². The van der Waals surface area contributed by atoms with Crippen molar-refractivity contribution in [3.8, 4) is 0 Å². The maximum Gasteiger partial charge on any atom is 0.0718 e. The molecule has 0 N–H and O–H groups in total. The normalized spacial score (nSPS) is 12.6. The van der Waals surface area contributed by atoms with Crippen LogP contribution in [0.1, 0.15) is 5.56 Å². The Balaban J connectivity index is 2.63. The van der Waals surface area contributed by atoms with Crippen LogP contribution < -0.4 is 0 Å². The molecule has 0 aromatic heterocycles. The third-order valence-electron chi connectivity index (χ3n) is 1.33. The van der Waals surface area contributed by atoms with Gasteiger partial charge in [-0.15, -0.1) is 0 Å². The van der Waals surface area contributed by atoms with Crippen LogP contribution in [0.2, 0.25) is 0 Å². The van der Waals surface area contributed by atoms with Crippen LogP contribution in [0.5, 0.6) is 0 Å². The molecule has 1 aromatic carbocycles. The van der Waals surface area contributed by atoms with Gasteiger partial charge in [-0.25, -0.2) is 0 Å². The molecule has 0 saturated heterocycles. The summed E-state index contributed by atoms with van der Waals surface area (Å²) in [4.78, 5) is 4.03. The molecule has 1 aliphatic heterocycles. The molecule has 0 atom stereocenters. The average molecular weight is 182 g/mol. The van der Waals surface area contributed by atoms with E-state index in [0.717, 1.165) is 10.2 Å². The predicted octanol–water partition coefficient (Wildman–Crippen LogP) is 2.51. The highest BCUT2D eigenvalue weighted by Crippen LogP contribution is 2.27. The Bertz CT molecular complexity index is 278. The van der Waals surface area contributed by atoms with Gasteiger partial charge in [-0.05, 0) is 18.2 Å². The molecule has 1 aromatic rings. The average Bonchev–Trinajstić information content (AvgIpc) is 1.78. The van der Waals surface area contributed by atoms with Gasteiger partial charge in [0.2, 0.25) is 0 Å². The van der Waals surface area contributed by atoms with Crippen molar-refractivity contribution in [2.45, 2.75) is 0 Å². The molecule has 1 heterocycles. The lowest BCUT2D eigenvalue weighted by Crippen LogP contribution is -1.90. The van der Waals surface area contributed by atoms with Crippen molar-refractivity contribution in [2.75, 3.05) is 0 Å². The van der Waals surface area contributed by atoms with Crippen LogP contribution in [0.4, 0.5) is 5.69 Å². The van der Waals surface area contributed by atoms with E-state index in [1.54, 1.807) is 0 Å². The number of halogens is 1. The topological polar surface area (TPSA) is 12.4 Å². The van der Waals surface area contributed by atoms with Gasteiger partial charge in [-0.2, -0.15) is 0 Å². The number of hydrogen-bond acceptors (Lipinski definition) is 1. The van der Waals surface area contributed by atoms with Crippen LogP contribution in [0.25, 0.3) is 0 Å². The summed E-state index contributed by atoms with van der Waals surface area (Å²) < 4.78 is 1.12. The summed E-state index contributed by atoms with van der Waals surface area (Å²) in [6.45, 7) is 0. The van der Waals surface area contributed by atoms with Crippen LogP contribution in [0.15, 0.2) is 27.7 Å². The molecule has 0 radical (unpaired) electrons. The van der Waals surface area contributed by atoms with E-state index < -0.39 is 0 Å². The van der Waals surface area contributed by atoms with E-state index in [2.05, 4.69) is 27.0 Å². The molecule has 0 spiro atoms. The minimum Gasteiger partial charge on any atom is -0.255 e. The largest absolute Gasteiger partial charge is 0.255 e. The van der Waals surface area contributed by atoms with E-state index in [0.29, 0.717) is 0 Å². The van der Waals surface area contributed by atoms with Gasteiger partial charge in [-0.3, -0.25) is 4.99 Å². The van der Waals surface area contributed by atoms with Crippen molar-refractivity contribution in [2.24, 2.45) is 4.99 Å². The minimum absolute atomic E-state index is 1.10. The summed E-state index contributed by atoms with van der Waals surface area (Å²) in [5.74, 6) is 0. The van der Waals surface area contributed by atoms with E-state index in [4.69, 9.17) is 0 Å². The second-order valence-corrected chi connectivity index (χ2v) is 2.88. The van der Waals surface area contributed by atoms with Crippen LogP contribution in [0.3, 0.4) is 0 Å². The lowest BCUT2D eigenvalue weighted by Gasteiger charge is -2.07. The number of rotatable bonds is 0.